The molecule has 0 radical (unpaired) electrons. The fourth-order valence-corrected chi connectivity index (χ4v) is 4.03. The summed E-state index contributed by atoms with van der Waals surface area (Å²) in [6, 6.07) is 15.5. The summed E-state index contributed by atoms with van der Waals surface area (Å²) in [6.07, 6.45) is 11.0. The molecule has 0 aliphatic carbocycles. The lowest BCUT2D eigenvalue weighted by atomic mass is 10.1. The highest BCUT2D eigenvalue weighted by molar-refractivity contribution is 5.94. The minimum Gasteiger partial charge on any atom is -0.457 e. The Morgan fingerprint density at radius 2 is 1.95 bits per heavy atom. The van der Waals surface area contributed by atoms with E-state index in [0.29, 0.717) is 12.2 Å². The number of likely N-dealkylation sites (N-methyl/N-ethyl adjacent to an activating group) is 1. The van der Waals surface area contributed by atoms with Crippen LogP contribution < -0.4 is 10.1 Å². The van der Waals surface area contributed by atoms with Gasteiger partial charge in [0.2, 0.25) is 0 Å². The molecule has 0 bridgehead atoms. The number of rotatable bonds is 9. The highest BCUT2D eigenvalue weighted by Gasteiger charge is 2.10. The van der Waals surface area contributed by atoms with E-state index in [0.717, 1.165) is 51.4 Å². The van der Waals surface area contributed by atoms with Gasteiger partial charge in [-0.1, -0.05) is 12.1 Å². The van der Waals surface area contributed by atoms with Crippen molar-refractivity contribution in [2.45, 2.75) is 13.3 Å². The number of hydrogen-bond donors (Lipinski definition) is 1. The van der Waals surface area contributed by atoms with E-state index in [-0.39, 0.29) is 5.78 Å². The van der Waals surface area contributed by atoms with Crippen LogP contribution in [0.25, 0.3) is 16.6 Å². The lowest BCUT2D eigenvalue weighted by Gasteiger charge is -2.13. The van der Waals surface area contributed by atoms with Crippen molar-refractivity contribution >= 4 is 33.8 Å². The minimum absolute atomic E-state index is 0.0608. The van der Waals surface area contributed by atoms with Crippen molar-refractivity contribution in [2.24, 2.45) is 0 Å². The molecule has 0 amide bonds. The Morgan fingerprint density at radius 3 is 2.78 bits per heavy atom. The van der Waals surface area contributed by atoms with E-state index in [9.17, 15) is 4.79 Å². The monoisotopic (exact) mass is 492 g/mol. The van der Waals surface area contributed by atoms with Gasteiger partial charge in [0.05, 0.1) is 5.52 Å². The number of aryl methyl sites for hydroxylation is 1. The first-order valence-electron chi connectivity index (χ1n) is 12.0. The average Bonchev–Trinajstić information content (AvgIpc) is 3.34. The molecule has 0 spiro atoms. The van der Waals surface area contributed by atoms with Gasteiger partial charge in [-0.15, -0.1) is 0 Å². The van der Waals surface area contributed by atoms with Gasteiger partial charge in [0.1, 0.15) is 29.3 Å². The Hall–Kier alpha value is -4.56. The lowest BCUT2D eigenvalue weighted by Crippen LogP contribution is -2.11. The number of fused-ring (bicyclic) bond motifs is 2. The first-order chi connectivity index (χ1) is 17.9. The van der Waals surface area contributed by atoms with Crippen molar-refractivity contribution < 1.29 is 9.53 Å². The van der Waals surface area contributed by atoms with Crippen LogP contribution in [0.5, 0.6) is 11.5 Å². The minimum atomic E-state index is 0.0608. The van der Waals surface area contributed by atoms with Crippen LogP contribution in [0.2, 0.25) is 0 Å². The van der Waals surface area contributed by atoms with Crippen LogP contribution in [-0.2, 0) is 11.2 Å². The van der Waals surface area contributed by atoms with E-state index in [1.807, 2.05) is 97.3 Å². The molecule has 186 valence electrons. The molecule has 37 heavy (non-hydrogen) atoms. The summed E-state index contributed by atoms with van der Waals surface area (Å²) in [5.41, 5.74) is 4.40. The van der Waals surface area contributed by atoms with Gasteiger partial charge in [-0.3, -0.25) is 4.79 Å². The SMILES string of the molecule is Cc1cc(Nc2ncnc3ccc(CC(=O)/C=C/CN(C)C)cc23)ccc1Oc1ccn2ccnc2c1. The Bertz CT molecular complexity index is 1610. The zero-order chi connectivity index (χ0) is 25.8. The first-order valence-corrected chi connectivity index (χ1v) is 12.0. The molecular formula is C29H28N6O2. The second-order valence-corrected chi connectivity index (χ2v) is 9.14. The van der Waals surface area contributed by atoms with Crippen LogP contribution in [0.4, 0.5) is 11.5 Å². The second-order valence-electron chi connectivity index (χ2n) is 9.14. The van der Waals surface area contributed by atoms with Gasteiger partial charge < -0.3 is 19.4 Å². The van der Waals surface area contributed by atoms with Gasteiger partial charge in [-0.25, -0.2) is 15.0 Å². The molecule has 8 nitrogen and oxygen atoms in total. The number of imidazole rings is 1. The maximum Gasteiger partial charge on any atom is 0.159 e. The van der Waals surface area contributed by atoms with Crippen molar-refractivity contribution in [3.8, 4) is 11.5 Å². The summed E-state index contributed by atoms with van der Waals surface area (Å²) in [7, 11) is 3.94. The van der Waals surface area contributed by atoms with E-state index in [4.69, 9.17) is 4.74 Å². The molecule has 5 rings (SSSR count). The van der Waals surface area contributed by atoms with Crippen LogP contribution in [0.15, 0.2) is 85.6 Å². The molecule has 0 atom stereocenters. The standard InChI is InChI=1S/C29H28N6O2/c1-20-15-22(7-9-27(20)37-24-10-13-35-14-11-30-28(35)18-24)33-29-25-17-21(6-8-26(25)31-19-32-29)16-23(36)5-4-12-34(2)3/h4-11,13-15,17-19H,12,16H2,1-3H3,(H,31,32,33)/b5-4+. The molecular weight excluding hydrogens is 464 g/mol. The molecule has 5 aromatic rings. The lowest BCUT2D eigenvalue weighted by molar-refractivity contribution is -0.114. The average molecular weight is 493 g/mol. The zero-order valence-corrected chi connectivity index (χ0v) is 21.0. The van der Waals surface area contributed by atoms with Crippen molar-refractivity contribution in [1.29, 1.82) is 0 Å². The van der Waals surface area contributed by atoms with Gasteiger partial charge in [0.15, 0.2) is 5.78 Å². The van der Waals surface area contributed by atoms with E-state index in [2.05, 4.69) is 20.3 Å². The number of nitrogens with one attached hydrogen (secondary N) is 1. The second kappa shape index (κ2) is 10.6. The normalized spacial score (nSPS) is 11.6. The van der Waals surface area contributed by atoms with E-state index in [1.54, 1.807) is 12.3 Å². The number of aromatic nitrogens is 4. The number of ketones is 1. The maximum atomic E-state index is 12.4. The molecule has 3 heterocycles. The number of benzene rings is 2. The highest BCUT2D eigenvalue weighted by Crippen LogP contribution is 2.30. The predicted molar refractivity (Wildman–Crippen MR) is 146 cm³/mol. The summed E-state index contributed by atoms with van der Waals surface area (Å²) >= 11 is 0. The van der Waals surface area contributed by atoms with Gasteiger partial charge in [-0.2, -0.15) is 0 Å². The topological polar surface area (TPSA) is 84.7 Å². The summed E-state index contributed by atoms with van der Waals surface area (Å²) in [4.78, 5) is 27.6. The number of ether oxygens (including phenoxy) is 1. The number of pyridine rings is 1. The summed E-state index contributed by atoms with van der Waals surface area (Å²) < 4.78 is 8.04. The molecule has 2 aromatic carbocycles. The van der Waals surface area contributed by atoms with Gasteiger partial charge >= 0.3 is 0 Å². The fourth-order valence-electron chi connectivity index (χ4n) is 4.03. The number of hydrogen-bond acceptors (Lipinski definition) is 7. The van der Waals surface area contributed by atoms with Crippen molar-refractivity contribution in [2.75, 3.05) is 26.0 Å². The fraction of sp³-hybridized carbons (Fsp3) is 0.172. The smallest absolute Gasteiger partial charge is 0.159 e. The summed E-state index contributed by atoms with van der Waals surface area (Å²) in [6.45, 7) is 2.73. The maximum absolute atomic E-state index is 12.4. The van der Waals surface area contributed by atoms with E-state index in [1.165, 1.54) is 6.33 Å². The highest BCUT2D eigenvalue weighted by atomic mass is 16.5. The molecule has 0 aliphatic rings. The third-order valence-electron chi connectivity index (χ3n) is 5.89. The zero-order valence-electron chi connectivity index (χ0n) is 21.0. The van der Waals surface area contributed by atoms with E-state index < -0.39 is 0 Å². The molecule has 1 N–H and O–H groups in total. The Labute approximate surface area is 215 Å². The number of anilines is 2. The molecule has 0 saturated heterocycles. The molecule has 8 heteroatoms. The molecule has 0 unspecified atom stereocenters. The van der Waals surface area contributed by atoms with Gasteiger partial charge in [0, 0.05) is 48.7 Å². The van der Waals surface area contributed by atoms with Gasteiger partial charge in [-0.05, 0) is 74.6 Å². The first kappa shape index (κ1) is 24.1. The Kier molecular flexibility index (Phi) is 6.91. The van der Waals surface area contributed by atoms with Crippen LogP contribution in [-0.4, -0.2) is 50.7 Å². The number of allylic oxidation sites excluding steroid dienone is 1. The summed E-state index contributed by atoms with van der Waals surface area (Å²) in [5.74, 6) is 2.23. The quantitative estimate of drug-likeness (QED) is 0.278. The van der Waals surface area contributed by atoms with Gasteiger partial charge in [0.25, 0.3) is 0 Å². The van der Waals surface area contributed by atoms with Crippen LogP contribution >= 0.6 is 0 Å². The molecule has 0 aliphatic heterocycles. The number of carbonyl (C=O) groups excluding carboxylic acids is 1. The third-order valence-corrected chi connectivity index (χ3v) is 5.89. The van der Waals surface area contributed by atoms with Crippen molar-refractivity contribution in [1.82, 2.24) is 24.3 Å². The van der Waals surface area contributed by atoms with Crippen molar-refractivity contribution in [3.63, 3.8) is 0 Å². The Morgan fingerprint density at radius 1 is 1.05 bits per heavy atom. The van der Waals surface area contributed by atoms with Crippen LogP contribution in [0, 0.1) is 6.92 Å². The largest absolute Gasteiger partial charge is 0.457 e. The predicted octanol–water partition coefficient (Wildman–Crippen LogP) is 5.35. The number of nitrogens with zero attached hydrogens (tertiary/aromatic N) is 5. The third kappa shape index (κ3) is 5.82. The summed E-state index contributed by atoms with van der Waals surface area (Å²) in [5, 5.41) is 4.26. The molecule has 3 aromatic heterocycles. The van der Waals surface area contributed by atoms with E-state index >= 15 is 0 Å². The molecule has 0 saturated carbocycles. The van der Waals surface area contributed by atoms with Crippen LogP contribution in [0.1, 0.15) is 11.1 Å². The van der Waals surface area contributed by atoms with Crippen molar-refractivity contribution in [3.05, 3.63) is 96.7 Å². The Balaban J connectivity index is 1.33. The molecule has 0 fully saturated rings. The number of carbonyl (C=O) groups is 1. The van der Waals surface area contributed by atoms with Crippen LogP contribution in [0.3, 0.4) is 0 Å².